The first-order chi connectivity index (χ1) is 10.4. The third-order valence-corrected chi connectivity index (χ3v) is 4.58. The van der Waals surface area contributed by atoms with Crippen molar-refractivity contribution in [2.75, 3.05) is 6.67 Å². The summed E-state index contributed by atoms with van der Waals surface area (Å²) in [5.41, 5.74) is 7.13. The fourth-order valence-corrected chi connectivity index (χ4v) is 3.33. The van der Waals surface area contributed by atoms with Crippen LogP contribution < -0.4 is 5.32 Å². The molecule has 2 N–H and O–H groups in total. The normalized spacial score (nSPS) is 18.3. The van der Waals surface area contributed by atoms with Crippen LogP contribution in [0.25, 0.3) is 6.08 Å². The topological polar surface area (TPSA) is 44.9 Å². The van der Waals surface area contributed by atoms with Crippen molar-refractivity contribution >= 4 is 12.0 Å². The minimum atomic E-state index is -0.306. The van der Waals surface area contributed by atoms with Gasteiger partial charge in [0.1, 0.15) is 0 Å². The highest BCUT2D eigenvalue weighted by Crippen LogP contribution is 2.31. The summed E-state index contributed by atoms with van der Waals surface area (Å²) in [7, 11) is 0. The average molecular weight is 304 g/mol. The number of aromatic amines is 1. The molecule has 1 amide bonds. The number of carbonyl (C=O) groups is 1. The highest BCUT2D eigenvalue weighted by molar-refractivity contribution is 6.00. The molecule has 4 heteroatoms. The molecule has 0 aromatic carbocycles. The second-order valence-corrected chi connectivity index (χ2v) is 6.05. The SMILES string of the molecule is CCC1=C(C)C(=O)N/C1=C\c1[nH]c(C)c([C@@H](C)CCF)c1C. The van der Waals surface area contributed by atoms with Gasteiger partial charge in [0.2, 0.25) is 0 Å². The summed E-state index contributed by atoms with van der Waals surface area (Å²) >= 11 is 0. The van der Waals surface area contributed by atoms with Gasteiger partial charge < -0.3 is 10.3 Å². The molecular formula is C18H25FN2O. The van der Waals surface area contributed by atoms with Gasteiger partial charge in [0, 0.05) is 22.7 Å². The Morgan fingerprint density at radius 3 is 2.55 bits per heavy atom. The van der Waals surface area contributed by atoms with Crippen LogP contribution in [-0.4, -0.2) is 17.6 Å². The quantitative estimate of drug-likeness (QED) is 0.837. The van der Waals surface area contributed by atoms with Crippen LogP contribution in [0.3, 0.4) is 0 Å². The van der Waals surface area contributed by atoms with Crippen LogP contribution in [-0.2, 0) is 4.79 Å². The molecule has 2 rings (SSSR count). The molecule has 0 radical (unpaired) electrons. The zero-order valence-corrected chi connectivity index (χ0v) is 14.1. The molecule has 0 saturated heterocycles. The lowest BCUT2D eigenvalue weighted by atomic mass is 9.94. The van der Waals surface area contributed by atoms with Crippen molar-refractivity contribution in [1.82, 2.24) is 10.3 Å². The van der Waals surface area contributed by atoms with Crippen molar-refractivity contribution in [3.05, 3.63) is 39.4 Å². The average Bonchev–Trinajstić information content (AvgIpc) is 2.88. The van der Waals surface area contributed by atoms with Crippen molar-refractivity contribution in [2.24, 2.45) is 0 Å². The van der Waals surface area contributed by atoms with Crippen LogP contribution in [0.4, 0.5) is 4.39 Å². The van der Waals surface area contributed by atoms with Gasteiger partial charge in [-0.15, -0.1) is 0 Å². The zero-order chi connectivity index (χ0) is 16.4. The van der Waals surface area contributed by atoms with Crippen LogP contribution in [0.15, 0.2) is 16.8 Å². The molecule has 0 bridgehead atoms. The molecule has 0 unspecified atom stereocenters. The van der Waals surface area contributed by atoms with E-state index < -0.39 is 0 Å². The number of alkyl halides is 1. The maximum Gasteiger partial charge on any atom is 0.251 e. The summed E-state index contributed by atoms with van der Waals surface area (Å²) in [6.07, 6.45) is 3.35. The largest absolute Gasteiger partial charge is 0.359 e. The minimum absolute atomic E-state index is 0.0185. The van der Waals surface area contributed by atoms with E-state index in [1.807, 2.05) is 19.9 Å². The molecule has 3 nitrogen and oxygen atoms in total. The monoisotopic (exact) mass is 304 g/mol. The highest BCUT2D eigenvalue weighted by Gasteiger charge is 2.23. The molecule has 22 heavy (non-hydrogen) atoms. The van der Waals surface area contributed by atoms with Gasteiger partial charge in [-0.3, -0.25) is 9.18 Å². The maximum atomic E-state index is 12.6. The van der Waals surface area contributed by atoms with E-state index in [-0.39, 0.29) is 18.5 Å². The van der Waals surface area contributed by atoms with E-state index >= 15 is 0 Å². The summed E-state index contributed by atoms with van der Waals surface area (Å²) in [6.45, 7) is 9.73. The second kappa shape index (κ2) is 6.51. The number of hydrogen-bond donors (Lipinski definition) is 2. The number of hydrogen-bond acceptors (Lipinski definition) is 1. The summed E-state index contributed by atoms with van der Waals surface area (Å²) in [6, 6.07) is 0. The molecule has 1 aliphatic rings. The third-order valence-electron chi connectivity index (χ3n) is 4.58. The zero-order valence-electron chi connectivity index (χ0n) is 14.1. The number of nitrogens with one attached hydrogen (secondary N) is 2. The summed E-state index contributed by atoms with van der Waals surface area (Å²) < 4.78 is 12.6. The van der Waals surface area contributed by atoms with Crippen LogP contribution in [0.2, 0.25) is 0 Å². The van der Waals surface area contributed by atoms with E-state index in [0.29, 0.717) is 6.42 Å². The molecule has 1 aromatic rings. The summed E-state index contributed by atoms with van der Waals surface area (Å²) in [5.74, 6) is 0.171. The van der Waals surface area contributed by atoms with Crippen LogP contribution in [0.1, 0.15) is 62.0 Å². The molecule has 1 aliphatic heterocycles. The molecule has 0 fully saturated rings. The first-order valence-corrected chi connectivity index (χ1v) is 7.88. The molecule has 0 aliphatic carbocycles. The fourth-order valence-electron chi connectivity index (χ4n) is 3.33. The lowest BCUT2D eigenvalue weighted by molar-refractivity contribution is -0.116. The summed E-state index contributed by atoms with van der Waals surface area (Å²) in [5, 5.41) is 2.93. The second-order valence-electron chi connectivity index (χ2n) is 6.05. The van der Waals surface area contributed by atoms with Gasteiger partial charge in [0.05, 0.1) is 6.67 Å². The lowest BCUT2D eigenvalue weighted by Crippen LogP contribution is -2.15. The Labute approximate surface area is 131 Å². The molecular weight excluding hydrogens is 279 g/mol. The van der Waals surface area contributed by atoms with Crippen molar-refractivity contribution in [2.45, 2.75) is 53.4 Å². The number of rotatable bonds is 5. The van der Waals surface area contributed by atoms with Gasteiger partial charge in [0.15, 0.2) is 0 Å². The smallest absolute Gasteiger partial charge is 0.251 e. The predicted octanol–water partition coefficient (Wildman–Crippen LogP) is 4.29. The van der Waals surface area contributed by atoms with Crippen molar-refractivity contribution in [3.63, 3.8) is 0 Å². The molecule has 120 valence electrons. The highest BCUT2D eigenvalue weighted by atomic mass is 19.1. The molecule has 0 spiro atoms. The van der Waals surface area contributed by atoms with E-state index in [2.05, 4.69) is 31.1 Å². The Morgan fingerprint density at radius 1 is 1.27 bits per heavy atom. The first-order valence-electron chi connectivity index (χ1n) is 7.88. The Bertz CT molecular complexity index is 652. The standard InChI is InChI=1S/C18H25FN2O/c1-6-14-11(3)18(22)21-16(14)9-15-12(4)17(13(5)20-15)10(2)7-8-19/h9-10,20H,6-8H2,1-5H3,(H,21,22)/b16-9-/t10-/m0/s1. The van der Waals surface area contributed by atoms with E-state index in [9.17, 15) is 9.18 Å². The van der Waals surface area contributed by atoms with Gasteiger partial charge in [-0.2, -0.15) is 0 Å². The number of carbonyl (C=O) groups excluding carboxylic acids is 1. The Balaban J connectivity index is 2.42. The van der Waals surface area contributed by atoms with E-state index in [0.717, 1.165) is 40.2 Å². The molecule has 0 saturated carbocycles. The van der Waals surface area contributed by atoms with Crippen molar-refractivity contribution in [1.29, 1.82) is 0 Å². The van der Waals surface area contributed by atoms with Crippen LogP contribution >= 0.6 is 0 Å². The van der Waals surface area contributed by atoms with Gasteiger partial charge in [-0.25, -0.2) is 0 Å². The van der Waals surface area contributed by atoms with Gasteiger partial charge in [-0.1, -0.05) is 13.8 Å². The fraction of sp³-hybridized carbons (Fsp3) is 0.500. The van der Waals surface area contributed by atoms with E-state index in [1.165, 1.54) is 5.56 Å². The first kappa shape index (κ1) is 16.5. The molecule has 2 heterocycles. The van der Waals surface area contributed by atoms with Gasteiger partial charge in [-0.05, 0) is 62.3 Å². The summed E-state index contributed by atoms with van der Waals surface area (Å²) in [4.78, 5) is 15.2. The van der Waals surface area contributed by atoms with E-state index in [4.69, 9.17) is 0 Å². The lowest BCUT2D eigenvalue weighted by Gasteiger charge is -2.10. The number of amides is 1. The Kier molecular flexibility index (Phi) is 4.89. The van der Waals surface area contributed by atoms with Gasteiger partial charge >= 0.3 is 0 Å². The number of H-pyrrole nitrogens is 1. The maximum absolute atomic E-state index is 12.6. The number of halogens is 1. The Hall–Kier alpha value is -1.84. The Morgan fingerprint density at radius 2 is 1.95 bits per heavy atom. The van der Waals surface area contributed by atoms with Crippen LogP contribution in [0, 0.1) is 13.8 Å². The van der Waals surface area contributed by atoms with Crippen molar-refractivity contribution < 1.29 is 9.18 Å². The van der Waals surface area contributed by atoms with Crippen molar-refractivity contribution in [3.8, 4) is 0 Å². The van der Waals surface area contributed by atoms with E-state index in [1.54, 1.807) is 0 Å². The van der Waals surface area contributed by atoms with Gasteiger partial charge in [0.25, 0.3) is 5.91 Å². The predicted molar refractivity (Wildman–Crippen MR) is 88.4 cm³/mol. The number of aromatic nitrogens is 1. The number of allylic oxidation sites excluding steroid dienone is 1. The van der Waals surface area contributed by atoms with Crippen LogP contribution in [0.5, 0.6) is 0 Å². The minimum Gasteiger partial charge on any atom is -0.359 e. The third kappa shape index (κ3) is 2.87. The number of aryl methyl sites for hydroxylation is 1. The molecule has 1 aromatic heterocycles. The molecule has 1 atom stereocenters.